The van der Waals surface area contributed by atoms with E-state index in [1.54, 1.807) is 6.92 Å². The van der Waals surface area contributed by atoms with Crippen LogP contribution in [0.15, 0.2) is 6.20 Å². The van der Waals surface area contributed by atoms with Crippen LogP contribution in [0.25, 0.3) is 0 Å². The smallest absolute Gasteiger partial charge is 0.145 e. The van der Waals surface area contributed by atoms with Crippen molar-refractivity contribution < 1.29 is 5.11 Å². The van der Waals surface area contributed by atoms with Crippen LogP contribution in [0.4, 0.5) is 11.5 Å². The molecule has 1 atom stereocenters. The first-order valence-corrected chi connectivity index (χ1v) is 4.15. The minimum atomic E-state index is -0.547. The van der Waals surface area contributed by atoms with E-state index in [1.165, 1.54) is 10.9 Å². The fraction of sp³-hybridized carbons (Fsp3) is 0.625. The zero-order valence-corrected chi connectivity index (χ0v) is 8.15. The molecule has 0 saturated heterocycles. The lowest BCUT2D eigenvalue weighted by molar-refractivity contribution is 0.0663. The van der Waals surface area contributed by atoms with Gasteiger partial charge in [0.2, 0.25) is 0 Å². The second-order valence-electron chi connectivity index (χ2n) is 3.73. The molecule has 5 nitrogen and oxygen atoms in total. The number of aromatic nitrogens is 2. The molecule has 0 radical (unpaired) electrons. The number of rotatable bonds is 2. The van der Waals surface area contributed by atoms with Crippen LogP contribution in [0, 0.1) is 0 Å². The van der Waals surface area contributed by atoms with E-state index in [0.29, 0.717) is 11.5 Å². The third kappa shape index (κ3) is 1.47. The number of nitrogens with two attached hydrogens (primary N) is 2. The predicted octanol–water partition coefficient (Wildman–Crippen LogP) is 0.163. The Labute approximate surface area is 77.3 Å². The predicted molar refractivity (Wildman–Crippen MR) is 52.1 cm³/mol. The van der Waals surface area contributed by atoms with Crippen LogP contribution in [0.3, 0.4) is 0 Å². The first-order valence-electron chi connectivity index (χ1n) is 4.15. The molecule has 74 valence electrons. The summed E-state index contributed by atoms with van der Waals surface area (Å²) in [6, 6.07) is 0. The van der Waals surface area contributed by atoms with E-state index in [9.17, 15) is 5.11 Å². The van der Waals surface area contributed by atoms with Gasteiger partial charge >= 0.3 is 0 Å². The summed E-state index contributed by atoms with van der Waals surface area (Å²) in [7, 11) is 0. The van der Waals surface area contributed by atoms with Gasteiger partial charge in [-0.05, 0) is 20.8 Å². The van der Waals surface area contributed by atoms with E-state index in [0.717, 1.165) is 0 Å². The fourth-order valence-corrected chi connectivity index (χ4v) is 1.01. The van der Waals surface area contributed by atoms with E-state index in [4.69, 9.17) is 11.5 Å². The van der Waals surface area contributed by atoms with Crippen LogP contribution in [0.2, 0.25) is 0 Å². The Morgan fingerprint density at radius 2 is 2.08 bits per heavy atom. The third-order valence-electron chi connectivity index (χ3n) is 2.40. The number of hydrogen-bond acceptors (Lipinski definition) is 4. The van der Waals surface area contributed by atoms with Crippen LogP contribution in [-0.4, -0.2) is 21.0 Å². The largest absolute Gasteiger partial charge is 0.394 e. The average Bonchev–Trinajstić information content (AvgIpc) is 2.33. The molecule has 13 heavy (non-hydrogen) atoms. The normalized spacial score (nSPS) is 14.5. The highest BCUT2D eigenvalue weighted by Gasteiger charge is 2.29. The van der Waals surface area contributed by atoms with Crippen LogP contribution < -0.4 is 11.5 Å². The molecular formula is C8H16N4O. The molecule has 5 N–H and O–H groups in total. The van der Waals surface area contributed by atoms with Crippen molar-refractivity contribution >= 4 is 11.5 Å². The molecule has 1 aromatic heterocycles. The van der Waals surface area contributed by atoms with Gasteiger partial charge in [0.05, 0.1) is 23.5 Å². The lowest BCUT2D eigenvalue weighted by atomic mass is 9.99. The van der Waals surface area contributed by atoms with Crippen LogP contribution >= 0.6 is 0 Å². The van der Waals surface area contributed by atoms with E-state index in [1.807, 2.05) is 13.8 Å². The van der Waals surface area contributed by atoms with Crippen molar-refractivity contribution in [3.05, 3.63) is 6.20 Å². The van der Waals surface area contributed by atoms with Crippen LogP contribution in [0.5, 0.6) is 0 Å². The van der Waals surface area contributed by atoms with E-state index < -0.39 is 11.6 Å². The Hall–Kier alpha value is -1.23. The Morgan fingerprint density at radius 3 is 2.38 bits per heavy atom. The molecule has 0 amide bonds. The number of nitrogen functional groups attached to an aromatic ring is 2. The topological polar surface area (TPSA) is 90.1 Å². The van der Waals surface area contributed by atoms with E-state index >= 15 is 0 Å². The lowest BCUT2D eigenvalue weighted by Gasteiger charge is -2.29. The molecular weight excluding hydrogens is 168 g/mol. The first-order chi connectivity index (χ1) is 5.87. The zero-order chi connectivity index (χ0) is 10.2. The summed E-state index contributed by atoms with van der Waals surface area (Å²) < 4.78 is 1.53. The minimum Gasteiger partial charge on any atom is -0.394 e. The van der Waals surface area contributed by atoms with Crippen molar-refractivity contribution in [3.63, 3.8) is 0 Å². The fourth-order valence-electron chi connectivity index (χ4n) is 1.01. The SMILES string of the molecule is CC(O)C(C)(C)n1ncc(N)c1N. The van der Waals surface area contributed by atoms with Crippen molar-refractivity contribution in [3.8, 4) is 0 Å². The Kier molecular flexibility index (Phi) is 2.21. The van der Waals surface area contributed by atoms with E-state index in [-0.39, 0.29) is 0 Å². The highest BCUT2D eigenvalue weighted by Crippen LogP contribution is 2.25. The van der Waals surface area contributed by atoms with E-state index in [2.05, 4.69) is 5.10 Å². The maximum Gasteiger partial charge on any atom is 0.145 e. The number of aliphatic hydroxyl groups excluding tert-OH is 1. The van der Waals surface area contributed by atoms with Gasteiger partial charge in [-0.3, -0.25) is 0 Å². The number of hydrogen-bond donors (Lipinski definition) is 3. The quantitative estimate of drug-likeness (QED) is 0.611. The van der Waals surface area contributed by atoms with Crippen molar-refractivity contribution in [2.75, 3.05) is 11.5 Å². The summed E-state index contributed by atoms with van der Waals surface area (Å²) in [6.45, 7) is 5.39. The summed E-state index contributed by atoms with van der Waals surface area (Å²) in [5.41, 5.74) is 11.1. The second kappa shape index (κ2) is 2.92. The monoisotopic (exact) mass is 184 g/mol. The Balaban J connectivity index is 3.14. The Morgan fingerprint density at radius 1 is 1.54 bits per heavy atom. The van der Waals surface area contributed by atoms with Crippen molar-refractivity contribution in [1.29, 1.82) is 0 Å². The summed E-state index contributed by atoms with van der Waals surface area (Å²) in [5.74, 6) is 0.394. The maximum absolute atomic E-state index is 9.51. The van der Waals surface area contributed by atoms with Gasteiger partial charge < -0.3 is 16.6 Å². The molecule has 0 saturated carbocycles. The Bertz CT molecular complexity index is 303. The molecule has 5 heteroatoms. The summed E-state index contributed by atoms with van der Waals surface area (Å²) in [4.78, 5) is 0. The second-order valence-corrected chi connectivity index (χ2v) is 3.73. The first kappa shape index (κ1) is 9.85. The third-order valence-corrected chi connectivity index (χ3v) is 2.40. The average molecular weight is 184 g/mol. The standard InChI is InChI=1S/C8H16N4O/c1-5(13)8(2,3)12-7(10)6(9)4-11-12/h4-5,13H,9-10H2,1-3H3. The van der Waals surface area contributed by atoms with Gasteiger partial charge in [-0.15, -0.1) is 0 Å². The molecule has 0 bridgehead atoms. The van der Waals surface area contributed by atoms with Gasteiger partial charge in [0.25, 0.3) is 0 Å². The highest BCUT2D eigenvalue weighted by molar-refractivity contribution is 5.57. The lowest BCUT2D eigenvalue weighted by Crippen LogP contribution is -2.39. The van der Waals surface area contributed by atoms with Gasteiger partial charge in [-0.25, -0.2) is 4.68 Å². The zero-order valence-electron chi connectivity index (χ0n) is 8.15. The molecule has 1 rings (SSSR count). The van der Waals surface area contributed by atoms with Gasteiger partial charge in [0.15, 0.2) is 0 Å². The summed E-state index contributed by atoms with van der Waals surface area (Å²) >= 11 is 0. The number of nitrogens with zero attached hydrogens (tertiary/aromatic N) is 2. The van der Waals surface area contributed by atoms with Crippen molar-refractivity contribution in [2.24, 2.45) is 0 Å². The van der Waals surface area contributed by atoms with Gasteiger partial charge in [0.1, 0.15) is 5.82 Å². The highest BCUT2D eigenvalue weighted by atomic mass is 16.3. The molecule has 0 aliphatic rings. The maximum atomic E-state index is 9.51. The van der Waals surface area contributed by atoms with Gasteiger partial charge in [-0.2, -0.15) is 5.10 Å². The summed E-state index contributed by atoms with van der Waals surface area (Å²) in [6.07, 6.45) is 0.938. The minimum absolute atomic E-state index is 0.394. The van der Waals surface area contributed by atoms with Gasteiger partial charge in [-0.1, -0.05) is 0 Å². The van der Waals surface area contributed by atoms with Crippen molar-refractivity contribution in [1.82, 2.24) is 9.78 Å². The molecule has 1 unspecified atom stereocenters. The van der Waals surface area contributed by atoms with Crippen molar-refractivity contribution in [2.45, 2.75) is 32.4 Å². The molecule has 1 aromatic rings. The van der Waals surface area contributed by atoms with Gasteiger partial charge in [0, 0.05) is 0 Å². The number of anilines is 2. The molecule has 1 heterocycles. The number of aliphatic hydroxyl groups is 1. The van der Waals surface area contributed by atoms with Crippen LogP contribution in [-0.2, 0) is 5.54 Å². The molecule has 0 aliphatic carbocycles. The summed E-state index contributed by atoms with van der Waals surface area (Å²) in [5, 5.41) is 13.5. The molecule has 0 aliphatic heterocycles. The van der Waals surface area contributed by atoms with Crippen LogP contribution in [0.1, 0.15) is 20.8 Å². The molecule has 0 spiro atoms. The molecule has 0 fully saturated rings. The molecule has 0 aromatic carbocycles.